The molecule has 0 aromatic heterocycles. The van der Waals surface area contributed by atoms with Crippen LogP contribution in [0.1, 0.15) is 42.9 Å². The number of nitrogens with two attached hydrogens (primary N) is 1. The lowest BCUT2D eigenvalue weighted by Crippen LogP contribution is -2.19. The summed E-state index contributed by atoms with van der Waals surface area (Å²) in [6.45, 7) is 2.69. The number of likely N-dealkylation sites (tertiary alicyclic amines) is 1. The minimum absolute atomic E-state index is 0.00167. The van der Waals surface area contributed by atoms with Gasteiger partial charge in [0, 0.05) is 24.6 Å². The second-order valence-electron chi connectivity index (χ2n) is 5.37. The second kappa shape index (κ2) is 6.81. The lowest BCUT2D eigenvalue weighted by molar-refractivity contribution is -0.137. The second-order valence-corrected chi connectivity index (χ2v) is 5.37. The van der Waals surface area contributed by atoms with E-state index in [1.54, 1.807) is 12.1 Å². The molecule has 0 radical (unpaired) electrons. The van der Waals surface area contributed by atoms with E-state index >= 15 is 0 Å². The van der Waals surface area contributed by atoms with Crippen molar-refractivity contribution in [3.05, 3.63) is 35.1 Å². The summed E-state index contributed by atoms with van der Waals surface area (Å²) >= 11 is 0. The van der Waals surface area contributed by atoms with Crippen LogP contribution in [0.2, 0.25) is 0 Å². The van der Waals surface area contributed by atoms with Gasteiger partial charge in [-0.25, -0.2) is 4.39 Å². The van der Waals surface area contributed by atoms with Crippen LogP contribution in [0.3, 0.4) is 0 Å². The van der Waals surface area contributed by atoms with Crippen LogP contribution in [0.5, 0.6) is 0 Å². The predicted octanol–water partition coefficient (Wildman–Crippen LogP) is 2.29. The van der Waals surface area contributed by atoms with Gasteiger partial charge in [0.15, 0.2) is 0 Å². The van der Waals surface area contributed by atoms with Gasteiger partial charge in [-0.15, -0.1) is 0 Å². The van der Waals surface area contributed by atoms with E-state index in [1.165, 1.54) is 18.9 Å². The first kappa shape index (κ1) is 14.9. The molecule has 1 atom stereocenters. The molecule has 1 aromatic carbocycles. The molecule has 1 fully saturated rings. The summed E-state index contributed by atoms with van der Waals surface area (Å²) in [6, 6.07) is 4.59. The Labute approximate surface area is 118 Å². The number of aliphatic carboxylic acids is 1. The molecule has 1 unspecified atom stereocenters. The average molecular weight is 280 g/mol. The molecular weight excluding hydrogens is 259 g/mol. The lowest BCUT2D eigenvalue weighted by Gasteiger charge is -2.17. The first-order valence-electron chi connectivity index (χ1n) is 7.04. The highest BCUT2D eigenvalue weighted by atomic mass is 19.1. The molecule has 0 aliphatic carbocycles. The van der Waals surface area contributed by atoms with Crippen molar-refractivity contribution in [2.75, 3.05) is 13.1 Å². The van der Waals surface area contributed by atoms with Crippen LogP contribution < -0.4 is 5.73 Å². The molecule has 110 valence electrons. The molecule has 4 nitrogen and oxygen atoms in total. The Bertz CT molecular complexity index is 473. The van der Waals surface area contributed by atoms with E-state index in [9.17, 15) is 9.18 Å². The maximum Gasteiger partial charge on any atom is 0.303 e. The molecule has 0 amide bonds. The summed E-state index contributed by atoms with van der Waals surface area (Å²) in [5.74, 6) is -1.13. The Hall–Kier alpha value is -1.46. The monoisotopic (exact) mass is 280 g/mol. The number of carbonyl (C=O) groups is 1. The summed E-state index contributed by atoms with van der Waals surface area (Å²) in [4.78, 5) is 12.8. The highest BCUT2D eigenvalue weighted by Crippen LogP contribution is 2.21. The van der Waals surface area contributed by atoms with Gasteiger partial charge in [-0.2, -0.15) is 0 Å². The number of carboxylic acid groups (broad SMARTS) is 1. The van der Waals surface area contributed by atoms with Crippen LogP contribution in [0.25, 0.3) is 0 Å². The molecule has 1 heterocycles. The zero-order chi connectivity index (χ0) is 14.5. The van der Waals surface area contributed by atoms with Gasteiger partial charge >= 0.3 is 5.97 Å². The van der Waals surface area contributed by atoms with Gasteiger partial charge in [-0.3, -0.25) is 9.69 Å². The van der Waals surface area contributed by atoms with Crippen LogP contribution in [-0.4, -0.2) is 29.1 Å². The average Bonchev–Trinajstić information content (AvgIpc) is 2.91. The van der Waals surface area contributed by atoms with Crippen molar-refractivity contribution in [1.29, 1.82) is 0 Å². The van der Waals surface area contributed by atoms with E-state index in [0.717, 1.165) is 13.1 Å². The van der Waals surface area contributed by atoms with Crippen LogP contribution in [0, 0.1) is 5.82 Å². The fourth-order valence-electron chi connectivity index (χ4n) is 2.55. The quantitative estimate of drug-likeness (QED) is 0.839. The number of carboxylic acids is 1. The third-order valence-electron chi connectivity index (χ3n) is 3.77. The fraction of sp³-hybridized carbons (Fsp3) is 0.533. The topological polar surface area (TPSA) is 66.6 Å². The van der Waals surface area contributed by atoms with Crippen LogP contribution in [0.15, 0.2) is 18.2 Å². The van der Waals surface area contributed by atoms with Gasteiger partial charge in [0.05, 0.1) is 0 Å². The highest BCUT2D eigenvalue weighted by Gasteiger charge is 2.15. The Morgan fingerprint density at radius 3 is 2.70 bits per heavy atom. The zero-order valence-corrected chi connectivity index (χ0v) is 11.5. The summed E-state index contributed by atoms with van der Waals surface area (Å²) in [6.07, 6.45) is 2.68. The number of rotatable bonds is 6. The van der Waals surface area contributed by atoms with Crippen molar-refractivity contribution in [2.45, 2.75) is 38.3 Å². The van der Waals surface area contributed by atoms with Gasteiger partial charge in [-0.05, 0) is 44.0 Å². The van der Waals surface area contributed by atoms with Gasteiger partial charge in [-0.1, -0.05) is 12.1 Å². The Balaban J connectivity index is 1.98. The summed E-state index contributed by atoms with van der Waals surface area (Å²) in [5.41, 5.74) is 7.23. The van der Waals surface area contributed by atoms with Crippen molar-refractivity contribution in [1.82, 2.24) is 4.90 Å². The van der Waals surface area contributed by atoms with Crippen molar-refractivity contribution in [3.8, 4) is 0 Å². The summed E-state index contributed by atoms with van der Waals surface area (Å²) in [5, 5.41) is 8.63. The van der Waals surface area contributed by atoms with E-state index in [4.69, 9.17) is 10.8 Å². The van der Waals surface area contributed by atoms with E-state index in [0.29, 0.717) is 24.1 Å². The molecule has 1 aliphatic rings. The molecule has 2 rings (SSSR count). The molecular formula is C15H21FN2O2. The van der Waals surface area contributed by atoms with Gasteiger partial charge in [0.1, 0.15) is 5.82 Å². The Kier molecular flexibility index (Phi) is 5.09. The molecule has 20 heavy (non-hydrogen) atoms. The fourth-order valence-corrected chi connectivity index (χ4v) is 2.55. The first-order chi connectivity index (χ1) is 9.56. The largest absolute Gasteiger partial charge is 0.481 e. The smallest absolute Gasteiger partial charge is 0.303 e. The third kappa shape index (κ3) is 4.02. The molecule has 3 N–H and O–H groups in total. The van der Waals surface area contributed by atoms with Crippen molar-refractivity contribution < 1.29 is 14.3 Å². The summed E-state index contributed by atoms with van der Waals surface area (Å²) in [7, 11) is 0. The Morgan fingerprint density at radius 2 is 2.10 bits per heavy atom. The van der Waals surface area contributed by atoms with Gasteiger partial charge in [0.2, 0.25) is 0 Å². The van der Waals surface area contributed by atoms with Gasteiger partial charge < -0.3 is 10.8 Å². The number of benzene rings is 1. The number of hydrogen-bond donors (Lipinski definition) is 2. The molecule has 0 bridgehead atoms. The standard InChI is InChI=1S/C15H21FN2O2/c16-13-9-11(14(17)5-6-15(19)20)3-4-12(13)10-18-7-1-2-8-18/h3-4,9,14H,1-2,5-8,10,17H2,(H,19,20). The van der Waals surface area contributed by atoms with Gasteiger partial charge in [0.25, 0.3) is 0 Å². The van der Waals surface area contributed by atoms with Crippen molar-refractivity contribution in [3.63, 3.8) is 0 Å². The Morgan fingerprint density at radius 1 is 1.40 bits per heavy atom. The highest BCUT2D eigenvalue weighted by molar-refractivity contribution is 5.66. The number of halogens is 1. The minimum Gasteiger partial charge on any atom is -0.481 e. The third-order valence-corrected chi connectivity index (χ3v) is 3.77. The van der Waals surface area contributed by atoms with E-state index < -0.39 is 12.0 Å². The van der Waals surface area contributed by atoms with Crippen LogP contribution in [0.4, 0.5) is 4.39 Å². The number of nitrogens with zero attached hydrogens (tertiary/aromatic N) is 1. The molecule has 1 aliphatic heterocycles. The predicted molar refractivity (Wildman–Crippen MR) is 74.7 cm³/mol. The van der Waals surface area contributed by atoms with Crippen LogP contribution >= 0.6 is 0 Å². The van der Waals surface area contributed by atoms with Crippen molar-refractivity contribution in [2.24, 2.45) is 5.73 Å². The molecule has 1 aromatic rings. The van der Waals surface area contributed by atoms with Crippen molar-refractivity contribution >= 4 is 5.97 Å². The van der Waals surface area contributed by atoms with E-state index in [1.807, 2.05) is 0 Å². The molecule has 0 saturated carbocycles. The lowest BCUT2D eigenvalue weighted by atomic mass is 10.0. The summed E-state index contributed by atoms with van der Waals surface area (Å²) < 4.78 is 14.1. The maximum absolute atomic E-state index is 14.1. The number of hydrogen-bond acceptors (Lipinski definition) is 3. The molecule has 1 saturated heterocycles. The first-order valence-corrected chi connectivity index (χ1v) is 7.04. The normalized spacial score (nSPS) is 17.3. The minimum atomic E-state index is -0.883. The zero-order valence-electron chi connectivity index (χ0n) is 11.5. The molecule has 0 spiro atoms. The van der Waals surface area contributed by atoms with E-state index in [2.05, 4.69) is 4.90 Å². The molecule has 5 heteroatoms. The van der Waals surface area contributed by atoms with E-state index in [-0.39, 0.29) is 12.2 Å². The van der Waals surface area contributed by atoms with Crippen LogP contribution in [-0.2, 0) is 11.3 Å². The maximum atomic E-state index is 14.1. The SMILES string of the molecule is NC(CCC(=O)O)c1ccc(CN2CCCC2)c(F)c1.